The summed E-state index contributed by atoms with van der Waals surface area (Å²) in [7, 11) is 0. The summed E-state index contributed by atoms with van der Waals surface area (Å²) in [5.74, 6) is 1.19. The number of carbonyl (C=O) groups is 2. The van der Waals surface area contributed by atoms with Crippen LogP contribution in [0.3, 0.4) is 0 Å². The molecule has 0 aromatic heterocycles. The van der Waals surface area contributed by atoms with Crippen LogP contribution in [0.5, 0.6) is 0 Å². The first-order chi connectivity index (χ1) is 17.7. The molecule has 4 atom stereocenters. The summed E-state index contributed by atoms with van der Waals surface area (Å²) >= 11 is 0. The highest BCUT2D eigenvalue weighted by Crippen LogP contribution is 2.62. The molecular weight excluding hydrogens is 458 g/mol. The average Bonchev–Trinajstić information content (AvgIpc) is 2.91. The summed E-state index contributed by atoms with van der Waals surface area (Å²) in [4.78, 5) is 27.0. The smallest absolute Gasteiger partial charge is 0.335 e. The van der Waals surface area contributed by atoms with E-state index in [0.29, 0.717) is 36.1 Å². The standard InChI is InChI=1S/C33H37NO3/c1-22-29-19-28(33(29,2)3)20-30(22)34(31(35)18-11-23-7-5-4-6-8-23)21-24-9-12-25(13-10-24)26-14-16-27(17-15-26)32(36)37/h4-10,12-17,22,28-30H,11,18-21H2,1-3H3,(H,36,37)/t22-,28+,29+,30+/m1/s1. The van der Waals surface area contributed by atoms with E-state index in [0.717, 1.165) is 29.5 Å². The van der Waals surface area contributed by atoms with Gasteiger partial charge in [0.1, 0.15) is 0 Å². The second-order valence-corrected chi connectivity index (χ2v) is 11.6. The molecule has 3 aromatic rings. The van der Waals surface area contributed by atoms with Crippen LogP contribution in [0.25, 0.3) is 11.1 Å². The van der Waals surface area contributed by atoms with E-state index in [1.54, 1.807) is 12.1 Å². The summed E-state index contributed by atoms with van der Waals surface area (Å²) in [6, 6.07) is 25.9. The third kappa shape index (κ3) is 5.07. The lowest BCUT2D eigenvalue weighted by Gasteiger charge is -2.63. The fourth-order valence-electron chi connectivity index (χ4n) is 6.77. The topological polar surface area (TPSA) is 57.6 Å². The van der Waals surface area contributed by atoms with Crippen molar-refractivity contribution in [2.75, 3.05) is 0 Å². The molecule has 0 heterocycles. The van der Waals surface area contributed by atoms with Crippen LogP contribution in [0.4, 0.5) is 0 Å². The maximum absolute atomic E-state index is 13.7. The summed E-state index contributed by atoms with van der Waals surface area (Å²) in [6.07, 6.45) is 3.68. The van der Waals surface area contributed by atoms with E-state index in [4.69, 9.17) is 5.11 Å². The number of carbonyl (C=O) groups excluding carboxylic acids is 1. The van der Waals surface area contributed by atoms with Crippen molar-refractivity contribution in [3.8, 4) is 11.1 Å². The highest BCUT2D eigenvalue weighted by atomic mass is 16.4. The van der Waals surface area contributed by atoms with Crippen molar-refractivity contribution in [2.24, 2.45) is 23.2 Å². The number of amides is 1. The van der Waals surface area contributed by atoms with E-state index >= 15 is 0 Å². The molecule has 4 nitrogen and oxygen atoms in total. The summed E-state index contributed by atoms with van der Waals surface area (Å²) in [5.41, 5.74) is 5.02. The summed E-state index contributed by atoms with van der Waals surface area (Å²) in [6.45, 7) is 7.79. The maximum Gasteiger partial charge on any atom is 0.335 e. The van der Waals surface area contributed by atoms with Gasteiger partial charge in [0, 0.05) is 19.0 Å². The second kappa shape index (κ2) is 10.2. The van der Waals surface area contributed by atoms with Gasteiger partial charge in [-0.25, -0.2) is 4.79 Å². The van der Waals surface area contributed by atoms with E-state index in [-0.39, 0.29) is 17.5 Å². The van der Waals surface area contributed by atoms with Crippen molar-refractivity contribution >= 4 is 11.9 Å². The molecule has 4 heteroatoms. The maximum atomic E-state index is 13.7. The Kier molecular flexibility index (Phi) is 6.94. The van der Waals surface area contributed by atoms with E-state index in [2.05, 4.69) is 62.1 Å². The van der Waals surface area contributed by atoms with E-state index < -0.39 is 5.97 Å². The number of nitrogens with zero attached hydrogens (tertiary/aromatic N) is 1. The zero-order valence-corrected chi connectivity index (χ0v) is 22.1. The van der Waals surface area contributed by atoms with Gasteiger partial charge in [-0.2, -0.15) is 0 Å². The van der Waals surface area contributed by atoms with E-state index in [1.807, 2.05) is 30.3 Å². The van der Waals surface area contributed by atoms with Gasteiger partial charge in [-0.05, 0) is 76.8 Å². The highest BCUT2D eigenvalue weighted by Gasteiger charge is 2.57. The number of carboxylic acids is 1. The van der Waals surface area contributed by atoms with Gasteiger partial charge in [0.05, 0.1) is 5.56 Å². The van der Waals surface area contributed by atoms with Crippen molar-refractivity contribution < 1.29 is 14.7 Å². The number of hydrogen-bond acceptors (Lipinski definition) is 2. The second-order valence-electron chi connectivity index (χ2n) is 11.6. The Labute approximate surface area is 220 Å². The fraction of sp³-hybridized carbons (Fsp3) is 0.394. The van der Waals surface area contributed by atoms with Crippen molar-refractivity contribution in [3.63, 3.8) is 0 Å². The van der Waals surface area contributed by atoms with Crippen molar-refractivity contribution in [2.45, 2.75) is 59.0 Å². The van der Waals surface area contributed by atoms with Crippen molar-refractivity contribution in [3.05, 3.63) is 95.6 Å². The Balaban J connectivity index is 1.34. The lowest BCUT2D eigenvalue weighted by atomic mass is 9.44. The molecule has 3 saturated carbocycles. The minimum atomic E-state index is -0.920. The lowest BCUT2D eigenvalue weighted by Crippen LogP contribution is -2.61. The minimum absolute atomic E-state index is 0.244. The molecule has 3 aliphatic carbocycles. The van der Waals surface area contributed by atoms with Crippen LogP contribution >= 0.6 is 0 Å². The first-order valence-corrected chi connectivity index (χ1v) is 13.5. The van der Waals surface area contributed by atoms with Gasteiger partial charge in [0.2, 0.25) is 5.91 Å². The van der Waals surface area contributed by atoms with Gasteiger partial charge < -0.3 is 10.0 Å². The number of fused-ring (bicyclic) bond motifs is 2. The number of aromatic carboxylic acids is 1. The van der Waals surface area contributed by atoms with Crippen LogP contribution in [-0.4, -0.2) is 27.9 Å². The Hall–Kier alpha value is -3.40. The molecule has 0 spiro atoms. The molecule has 37 heavy (non-hydrogen) atoms. The van der Waals surface area contributed by atoms with Crippen LogP contribution in [0.2, 0.25) is 0 Å². The van der Waals surface area contributed by atoms with E-state index in [1.165, 1.54) is 12.0 Å². The quantitative estimate of drug-likeness (QED) is 0.363. The average molecular weight is 496 g/mol. The van der Waals surface area contributed by atoms with Crippen LogP contribution in [0.15, 0.2) is 78.9 Å². The van der Waals surface area contributed by atoms with Gasteiger partial charge in [0.15, 0.2) is 0 Å². The van der Waals surface area contributed by atoms with E-state index in [9.17, 15) is 9.59 Å². The molecule has 192 valence electrons. The first kappa shape index (κ1) is 25.3. The summed E-state index contributed by atoms with van der Waals surface area (Å²) < 4.78 is 0. The fourth-order valence-corrected chi connectivity index (χ4v) is 6.77. The molecule has 3 aliphatic rings. The van der Waals surface area contributed by atoms with Gasteiger partial charge in [-0.3, -0.25) is 4.79 Å². The SMILES string of the molecule is C[C@H]1[C@@H](N(Cc2ccc(-c3ccc(C(=O)O)cc3)cc2)C(=O)CCc2ccccc2)C[C@@H]2C[C@@H]1C2(C)C. The molecule has 0 radical (unpaired) electrons. The Morgan fingerprint density at radius 1 is 0.865 bits per heavy atom. The molecule has 6 rings (SSSR count). The van der Waals surface area contributed by atoms with Gasteiger partial charge in [-0.1, -0.05) is 87.5 Å². The van der Waals surface area contributed by atoms with Gasteiger partial charge in [0.25, 0.3) is 0 Å². The zero-order valence-electron chi connectivity index (χ0n) is 22.1. The monoisotopic (exact) mass is 495 g/mol. The Bertz CT molecular complexity index is 1250. The number of benzene rings is 3. The van der Waals surface area contributed by atoms with Crippen LogP contribution in [0, 0.1) is 23.2 Å². The number of hydrogen-bond donors (Lipinski definition) is 1. The van der Waals surface area contributed by atoms with Gasteiger partial charge in [-0.15, -0.1) is 0 Å². The number of rotatable bonds is 8. The van der Waals surface area contributed by atoms with Crippen LogP contribution < -0.4 is 0 Å². The predicted octanol–water partition coefficient (Wildman–Crippen LogP) is 7.08. The first-order valence-electron chi connectivity index (χ1n) is 13.5. The normalized spacial score (nSPS) is 23.6. The molecule has 3 aromatic carbocycles. The highest BCUT2D eigenvalue weighted by molar-refractivity contribution is 5.88. The van der Waals surface area contributed by atoms with Crippen molar-refractivity contribution in [1.82, 2.24) is 4.90 Å². The molecule has 3 fully saturated rings. The molecule has 0 unspecified atom stereocenters. The lowest BCUT2D eigenvalue weighted by molar-refractivity contribution is -0.159. The molecular formula is C33H37NO3. The van der Waals surface area contributed by atoms with Crippen LogP contribution in [-0.2, 0) is 17.8 Å². The Morgan fingerprint density at radius 3 is 2.05 bits per heavy atom. The minimum Gasteiger partial charge on any atom is -0.478 e. The van der Waals surface area contributed by atoms with Crippen LogP contribution in [0.1, 0.15) is 61.5 Å². The Morgan fingerprint density at radius 2 is 1.49 bits per heavy atom. The molecule has 0 aliphatic heterocycles. The van der Waals surface area contributed by atoms with Gasteiger partial charge >= 0.3 is 5.97 Å². The molecule has 1 N–H and O–H groups in total. The predicted molar refractivity (Wildman–Crippen MR) is 147 cm³/mol. The number of aryl methyl sites for hydroxylation is 1. The zero-order chi connectivity index (χ0) is 26.2. The molecule has 1 amide bonds. The third-order valence-electron chi connectivity index (χ3n) is 9.28. The summed E-state index contributed by atoms with van der Waals surface area (Å²) in [5, 5.41) is 9.16. The van der Waals surface area contributed by atoms with Crippen molar-refractivity contribution in [1.29, 1.82) is 0 Å². The molecule has 2 bridgehead atoms. The third-order valence-corrected chi connectivity index (χ3v) is 9.28. The largest absolute Gasteiger partial charge is 0.478 e. The molecule has 0 saturated heterocycles. The number of carboxylic acid groups (broad SMARTS) is 1.